The maximum Gasteiger partial charge on any atom is 0.329 e. The molecule has 0 aliphatic carbocycles. The quantitative estimate of drug-likeness (QED) is 0.249. The fourth-order valence-corrected chi connectivity index (χ4v) is 2.95. The third-order valence-corrected chi connectivity index (χ3v) is 4.60. The molecule has 0 aliphatic heterocycles. The molecule has 0 aliphatic rings. The fourth-order valence-electron chi connectivity index (χ4n) is 2.95. The minimum Gasteiger partial charge on any atom is -0.496 e. The van der Waals surface area contributed by atoms with Crippen molar-refractivity contribution in [3.8, 4) is 11.5 Å². The Bertz CT molecular complexity index is 1080. The van der Waals surface area contributed by atoms with Crippen molar-refractivity contribution in [2.24, 2.45) is 5.10 Å². The summed E-state index contributed by atoms with van der Waals surface area (Å²) in [5, 5.41) is 8.40. The van der Waals surface area contributed by atoms with E-state index in [9.17, 15) is 9.59 Å². The summed E-state index contributed by atoms with van der Waals surface area (Å²) in [6.45, 7) is 2.74. The maximum absolute atomic E-state index is 12.1. The lowest BCUT2D eigenvalue weighted by molar-refractivity contribution is -0.136. The number of hydrazone groups is 1. The van der Waals surface area contributed by atoms with Crippen molar-refractivity contribution in [1.82, 2.24) is 5.43 Å². The zero-order valence-corrected chi connectivity index (χ0v) is 17.6. The van der Waals surface area contributed by atoms with Gasteiger partial charge in [-0.15, -0.1) is 0 Å². The number of hydrogen-bond donors (Lipinski definition) is 2. The van der Waals surface area contributed by atoms with Gasteiger partial charge >= 0.3 is 11.8 Å². The zero-order chi connectivity index (χ0) is 22.1. The van der Waals surface area contributed by atoms with E-state index in [2.05, 4.69) is 22.8 Å². The van der Waals surface area contributed by atoms with E-state index in [1.54, 1.807) is 31.4 Å². The van der Waals surface area contributed by atoms with E-state index in [0.717, 1.165) is 23.6 Å². The van der Waals surface area contributed by atoms with Crippen molar-refractivity contribution in [3.63, 3.8) is 0 Å². The Morgan fingerprint density at radius 2 is 1.77 bits per heavy atom. The largest absolute Gasteiger partial charge is 0.496 e. The number of fused-ring (bicyclic) bond motifs is 1. The molecule has 0 atom stereocenters. The predicted octanol–water partition coefficient (Wildman–Crippen LogP) is 4.12. The van der Waals surface area contributed by atoms with Gasteiger partial charge in [-0.3, -0.25) is 9.59 Å². The van der Waals surface area contributed by atoms with Crippen LogP contribution in [0, 0.1) is 0 Å². The summed E-state index contributed by atoms with van der Waals surface area (Å²) in [6, 6.07) is 18.4. The van der Waals surface area contributed by atoms with Crippen LogP contribution in [0.1, 0.15) is 25.3 Å². The lowest BCUT2D eigenvalue weighted by atomic mass is 10.0. The Kier molecular flexibility index (Phi) is 7.59. The van der Waals surface area contributed by atoms with Crippen molar-refractivity contribution in [2.45, 2.75) is 19.8 Å². The predicted molar refractivity (Wildman–Crippen MR) is 122 cm³/mol. The molecule has 31 heavy (non-hydrogen) atoms. The van der Waals surface area contributed by atoms with Crippen LogP contribution >= 0.6 is 0 Å². The SMILES string of the molecule is CCCCOc1ccc(NC(=O)C(=O)N/N=C\c2c(OC)ccc3ccccc23)cc1. The Hall–Kier alpha value is -3.87. The highest BCUT2D eigenvalue weighted by molar-refractivity contribution is 6.39. The van der Waals surface area contributed by atoms with E-state index in [1.165, 1.54) is 6.21 Å². The third kappa shape index (κ3) is 5.82. The number of unbranched alkanes of at least 4 members (excludes halogenated alkanes) is 1. The molecule has 3 rings (SSSR count). The average molecular weight is 419 g/mol. The number of carbonyl (C=O) groups excluding carboxylic acids is 2. The van der Waals surface area contributed by atoms with Crippen molar-refractivity contribution in [1.29, 1.82) is 0 Å². The Labute approximate surface area is 181 Å². The van der Waals surface area contributed by atoms with Crippen LogP contribution < -0.4 is 20.2 Å². The summed E-state index contributed by atoms with van der Waals surface area (Å²) in [7, 11) is 1.56. The number of amides is 2. The third-order valence-electron chi connectivity index (χ3n) is 4.60. The van der Waals surface area contributed by atoms with E-state index >= 15 is 0 Å². The second-order valence-corrected chi connectivity index (χ2v) is 6.78. The highest BCUT2D eigenvalue weighted by Crippen LogP contribution is 2.26. The second kappa shape index (κ2) is 10.8. The number of anilines is 1. The molecule has 7 nitrogen and oxygen atoms in total. The molecule has 0 fully saturated rings. The molecule has 0 aromatic heterocycles. The van der Waals surface area contributed by atoms with Crippen molar-refractivity contribution >= 4 is 34.5 Å². The van der Waals surface area contributed by atoms with Gasteiger partial charge in [0.25, 0.3) is 0 Å². The molecule has 0 saturated carbocycles. The lowest BCUT2D eigenvalue weighted by Gasteiger charge is -2.09. The van der Waals surface area contributed by atoms with Crippen LogP contribution in [0.2, 0.25) is 0 Å². The average Bonchev–Trinajstić information content (AvgIpc) is 2.80. The molecule has 0 saturated heterocycles. The van der Waals surface area contributed by atoms with Gasteiger partial charge in [-0.1, -0.05) is 43.7 Å². The molecule has 0 spiro atoms. The van der Waals surface area contributed by atoms with Gasteiger partial charge in [0.1, 0.15) is 11.5 Å². The normalized spacial score (nSPS) is 10.8. The van der Waals surface area contributed by atoms with Gasteiger partial charge in [0.05, 0.1) is 19.9 Å². The lowest BCUT2D eigenvalue weighted by Crippen LogP contribution is -2.32. The Morgan fingerprint density at radius 1 is 1.00 bits per heavy atom. The molecule has 0 radical (unpaired) electrons. The first-order valence-corrected chi connectivity index (χ1v) is 10.1. The molecule has 3 aromatic carbocycles. The minimum absolute atomic E-state index is 0.489. The van der Waals surface area contributed by atoms with Crippen LogP contribution in [0.5, 0.6) is 11.5 Å². The molecule has 3 aromatic rings. The molecule has 0 unspecified atom stereocenters. The first-order valence-electron chi connectivity index (χ1n) is 10.1. The Balaban J connectivity index is 1.60. The van der Waals surface area contributed by atoms with E-state index in [-0.39, 0.29) is 0 Å². The molecule has 2 amide bonds. The molecule has 160 valence electrons. The minimum atomic E-state index is -0.876. The van der Waals surface area contributed by atoms with Crippen LogP contribution in [0.3, 0.4) is 0 Å². The number of ether oxygens (including phenoxy) is 2. The van der Waals surface area contributed by atoms with Gasteiger partial charge in [0.2, 0.25) is 0 Å². The van der Waals surface area contributed by atoms with Gasteiger partial charge in [-0.2, -0.15) is 5.10 Å². The monoisotopic (exact) mass is 419 g/mol. The van der Waals surface area contributed by atoms with Crippen molar-refractivity contribution in [2.75, 3.05) is 19.0 Å². The number of carbonyl (C=O) groups is 2. The molecule has 0 bridgehead atoms. The smallest absolute Gasteiger partial charge is 0.329 e. The highest BCUT2D eigenvalue weighted by atomic mass is 16.5. The Morgan fingerprint density at radius 3 is 2.52 bits per heavy atom. The first kappa shape index (κ1) is 21.8. The summed E-state index contributed by atoms with van der Waals surface area (Å²) < 4.78 is 11.0. The topological polar surface area (TPSA) is 89.0 Å². The fraction of sp³-hybridized carbons (Fsp3) is 0.208. The number of benzene rings is 3. The van der Waals surface area contributed by atoms with Crippen LogP contribution in [0.4, 0.5) is 5.69 Å². The number of methoxy groups -OCH3 is 1. The van der Waals surface area contributed by atoms with E-state index in [0.29, 0.717) is 29.4 Å². The summed E-state index contributed by atoms with van der Waals surface area (Å²) in [6.07, 6.45) is 3.50. The van der Waals surface area contributed by atoms with Gasteiger partial charge in [-0.05, 0) is 47.5 Å². The van der Waals surface area contributed by atoms with Gasteiger partial charge in [0, 0.05) is 11.3 Å². The second-order valence-electron chi connectivity index (χ2n) is 6.78. The summed E-state index contributed by atoms with van der Waals surface area (Å²) in [5.74, 6) is -0.368. The van der Waals surface area contributed by atoms with Gasteiger partial charge in [-0.25, -0.2) is 5.43 Å². The van der Waals surface area contributed by atoms with E-state index in [4.69, 9.17) is 9.47 Å². The molecular weight excluding hydrogens is 394 g/mol. The first-order chi connectivity index (χ1) is 15.1. The van der Waals surface area contributed by atoms with Crippen LogP contribution in [-0.2, 0) is 9.59 Å². The zero-order valence-electron chi connectivity index (χ0n) is 17.6. The molecule has 7 heteroatoms. The van der Waals surface area contributed by atoms with E-state index < -0.39 is 11.8 Å². The maximum atomic E-state index is 12.1. The van der Waals surface area contributed by atoms with Gasteiger partial charge in [0.15, 0.2) is 0 Å². The standard InChI is InChI=1S/C24H25N3O4/c1-3-4-15-31-19-12-10-18(11-13-19)26-23(28)24(29)27-25-16-21-20-8-6-5-7-17(20)9-14-22(21)30-2/h5-14,16H,3-4,15H2,1-2H3,(H,26,28)(H,27,29)/b25-16-. The molecule has 0 heterocycles. The number of rotatable bonds is 8. The van der Waals surface area contributed by atoms with Crippen LogP contribution in [0.25, 0.3) is 10.8 Å². The summed E-state index contributed by atoms with van der Waals surface area (Å²) in [5.41, 5.74) is 3.45. The highest BCUT2D eigenvalue weighted by Gasteiger charge is 2.13. The molecular formula is C24H25N3O4. The van der Waals surface area contributed by atoms with Crippen LogP contribution in [-0.4, -0.2) is 31.7 Å². The number of nitrogens with one attached hydrogen (secondary N) is 2. The van der Waals surface area contributed by atoms with Gasteiger partial charge < -0.3 is 14.8 Å². The summed E-state index contributed by atoms with van der Waals surface area (Å²) >= 11 is 0. The van der Waals surface area contributed by atoms with Crippen LogP contribution in [0.15, 0.2) is 65.8 Å². The van der Waals surface area contributed by atoms with Crippen molar-refractivity contribution < 1.29 is 19.1 Å². The van der Waals surface area contributed by atoms with E-state index in [1.807, 2.05) is 36.4 Å². The number of nitrogens with zero attached hydrogens (tertiary/aromatic N) is 1. The molecule has 2 N–H and O–H groups in total. The van der Waals surface area contributed by atoms with Crippen molar-refractivity contribution in [3.05, 3.63) is 66.2 Å². The number of hydrogen-bond acceptors (Lipinski definition) is 5. The summed E-state index contributed by atoms with van der Waals surface area (Å²) in [4.78, 5) is 24.2.